The molecule has 4 rings (SSSR count). The van der Waals surface area contributed by atoms with Gasteiger partial charge in [-0.1, -0.05) is 31.0 Å². The third-order valence-corrected chi connectivity index (χ3v) is 5.76. The number of benzene rings is 2. The number of aromatic nitrogens is 1. The molecule has 0 amide bonds. The molecule has 2 aromatic carbocycles. The zero-order chi connectivity index (χ0) is 19.3. The lowest BCUT2D eigenvalue weighted by molar-refractivity contribution is 0.101. The van der Waals surface area contributed by atoms with Crippen LogP contribution < -0.4 is 4.74 Å². The van der Waals surface area contributed by atoms with E-state index in [9.17, 15) is 5.11 Å². The van der Waals surface area contributed by atoms with Crippen molar-refractivity contribution in [2.45, 2.75) is 38.3 Å². The van der Waals surface area contributed by atoms with Gasteiger partial charge in [0, 0.05) is 23.1 Å². The van der Waals surface area contributed by atoms with Gasteiger partial charge in [-0.2, -0.15) is 0 Å². The van der Waals surface area contributed by atoms with E-state index < -0.39 is 0 Å². The van der Waals surface area contributed by atoms with Crippen LogP contribution in [0.25, 0.3) is 22.2 Å². The van der Waals surface area contributed by atoms with Gasteiger partial charge in [-0.05, 0) is 67.9 Å². The molecule has 2 heterocycles. The van der Waals surface area contributed by atoms with Crippen molar-refractivity contribution in [3.8, 4) is 17.0 Å². The largest absolute Gasteiger partial charge is 0.497 e. The number of likely N-dealkylation sites (tertiary alicyclic amines) is 1. The van der Waals surface area contributed by atoms with Gasteiger partial charge in [-0.15, -0.1) is 12.4 Å². The Morgan fingerprint density at radius 2 is 1.62 bits per heavy atom. The van der Waals surface area contributed by atoms with Gasteiger partial charge >= 0.3 is 0 Å². The lowest BCUT2D eigenvalue weighted by Crippen LogP contribution is -2.35. The minimum Gasteiger partial charge on any atom is -0.497 e. The first-order valence-electron chi connectivity index (χ1n) is 10.4. The summed E-state index contributed by atoms with van der Waals surface area (Å²) >= 11 is 0. The van der Waals surface area contributed by atoms with Gasteiger partial charge in [0.05, 0.1) is 19.8 Å². The van der Waals surface area contributed by atoms with E-state index in [0.29, 0.717) is 6.54 Å². The van der Waals surface area contributed by atoms with Crippen molar-refractivity contribution in [2.24, 2.45) is 0 Å². The number of nitrogens with zero attached hydrogens (tertiary/aromatic N) is 2. The SMILES string of the molecule is COc1ccc(-c2cc3ccccc3n2CC(O)CN2CCCCCC2)cc1.Cl. The van der Waals surface area contributed by atoms with Gasteiger partial charge < -0.3 is 19.3 Å². The van der Waals surface area contributed by atoms with Crippen LogP contribution in [-0.4, -0.2) is 47.4 Å². The molecule has 1 aliphatic rings. The maximum atomic E-state index is 10.9. The van der Waals surface area contributed by atoms with Crippen molar-refractivity contribution in [1.29, 1.82) is 0 Å². The predicted molar refractivity (Wildman–Crippen MR) is 122 cm³/mol. The standard InChI is InChI=1S/C24H30N2O2.ClH/c1-28-22-12-10-19(11-13-22)24-16-20-8-4-5-9-23(20)26(24)18-21(27)17-25-14-6-2-3-7-15-25;/h4-5,8-13,16,21,27H,2-3,6-7,14-15,17-18H2,1H3;1H. The second-order valence-electron chi connectivity index (χ2n) is 7.80. The van der Waals surface area contributed by atoms with Crippen molar-refractivity contribution in [2.75, 3.05) is 26.7 Å². The number of aliphatic hydroxyl groups is 1. The average Bonchev–Trinajstić information content (AvgIpc) is 2.88. The predicted octanol–water partition coefficient (Wildman–Crippen LogP) is 4.98. The lowest BCUT2D eigenvalue weighted by atomic mass is 10.1. The molecule has 0 saturated carbocycles. The van der Waals surface area contributed by atoms with E-state index >= 15 is 0 Å². The first kappa shape index (κ1) is 21.7. The van der Waals surface area contributed by atoms with Crippen LogP contribution in [0.2, 0.25) is 0 Å². The molecular weight excluding hydrogens is 384 g/mol. The Morgan fingerprint density at radius 3 is 2.31 bits per heavy atom. The van der Waals surface area contributed by atoms with Gasteiger partial charge in [0.25, 0.3) is 0 Å². The highest BCUT2D eigenvalue weighted by molar-refractivity contribution is 5.87. The summed E-state index contributed by atoms with van der Waals surface area (Å²) in [6.07, 6.45) is 4.74. The minimum absolute atomic E-state index is 0. The van der Waals surface area contributed by atoms with Gasteiger partial charge in [-0.3, -0.25) is 0 Å². The maximum Gasteiger partial charge on any atom is 0.118 e. The zero-order valence-corrected chi connectivity index (χ0v) is 17.9. The fraction of sp³-hybridized carbons (Fsp3) is 0.417. The number of hydrogen-bond donors (Lipinski definition) is 1. The molecule has 29 heavy (non-hydrogen) atoms. The van der Waals surface area contributed by atoms with Crippen molar-refractivity contribution in [3.05, 3.63) is 54.6 Å². The number of rotatable bonds is 6. The van der Waals surface area contributed by atoms with E-state index in [1.165, 1.54) is 36.6 Å². The third-order valence-electron chi connectivity index (χ3n) is 5.76. The van der Waals surface area contributed by atoms with Crippen LogP contribution in [0.5, 0.6) is 5.75 Å². The van der Waals surface area contributed by atoms with Crippen molar-refractivity contribution < 1.29 is 9.84 Å². The van der Waals surface area contributed by atoms with Gasteiger partial charge in [-0.25, -0.2) is 0 Å². The van der Waals surface area contributed by atoms with Gasteiger partial charge in [0.2, 0.25) is 0 Å². The Bertz CT molecular complexity index is 899. The van der Waals surface area contributed by atoms with Crippen LogP contribution in [0.4, 0.5) is 0 Å². The molecular formula is C24H31ClN2O2. The summed E-state index contributed by atoms with van der Waals surface area (Å²) in [6, 6.07) is 18.8. The number of fused-ring (bicyclic) bond motifs is 1. The van der Waals surface area contributed by atoms with E-state index in [0.717, 1.165) is 36.6 Å². The second-order valence-corrected chi connectivity index (χ2v) is 7.80. The summed E-state index contributed by atoms with van der Waals surface area (Å²) in [5.74, 6) is 0.854. The van der Waals surface area contributed by atoms with Crippen LogP contribution in [0.1, 0.15) is 25.7 Å². The summed E-state index contributed by atoms with van der Waals surface area (Å²) in [6.45, 7) is 3.56. The molecule has 1 fully saturated rings. The summed E-state index contributed by atoms with van der Waals surface area (Å²) in [5.41, 5.74) is 3.45. The molecule has 4 nitrogen and oxygen atoms in total. The molecule has 5 heteroatoms. The third kappa shape index (κ3) is 5.13. The van der Waals surface area contributed by atoms with Crippen LogP contribution in [-0.2, 0) is 6.54 Å². The normalized spacial score (nSPS) is 16.2. The molecule has 1 saturated heterocycles. The summed E-state index contributed by atoms with van der Waals surface area (Å²) in [5, 5.41) is 12.1. The minimum atomic E-state index is -0.383. The van der Waals surface area contributed by atoms with E-state index in [2.05, 4.69) is 51.9 Å². The topological polar surface area (TPSA) is 37.6 Å². The summed E-state index contributed by atoms with van der Waals surface area (Å²) in [7, 11) is 1.69. The van der Waals surface area contributed by atoms with E-state index in [-0.39, 0.29) is 18.5 Å². The number of aliphatic hydroxyl groups excluding tert-OH is 1. The molecule has 0 spiro atoms. The summed E-state index contributed by atoms with van der Waals surface area (Å²) in [4.78, 5) is 2.43. The van der Waals surface area contributed by atoms with Crippen LogP contribution >= 0.6 is 12.4 Å². The molecule has 1 unspecified atom stereocenters. The highest BCUT2D eigenvalue weighted by atomic mass is 35.5. The highest BCUT2D eigenvalue weighted by Crippen LogP contribution is 2.30. The fourth-order valence-electron chi connectivity index (χ4n) is 4.29. The molecule has 1 atom stereocenters. The first-order chi connectivity index (χ1) is 13.7. The van der Waals surface area contributed by atoms with E-state index in [1.807, 2.05) is 12.1 Å². The second kappa shape index (κ2) is 10.1. The van der Waals surface area contributed by atoms with Crippen LogP contribution in [0.15, 0.2) is 54.6 Å². The Labute approximate surface area is 179 Å². The van der Waals surface area contributed by atoms with Crippen molar-refractivity contribution in [1.82, 2.24) is 9.47 Å². The monoisotopic (exact) mass is 414 g/mol. The average molecular weight is 415 g/mol. The molecule has 156 valence electrons. The van der Waals surface area contributed by atoms with Crippen LogP contribution in [0, 0.1) is 0 Å². The molecule has 1 aromatic heterocycles. The molecule has 1 N–H and O–H groups in total. The highest BCUT2D eigenvalue weighted by Gasteiger charge is 2.17. The molecule has 0 radical (unpaired) electrons. The van der Waals surface area contributed by atoms with Gasteiger partial charge in [0.1, 0.15) is 5.75 Å². The van der Waals surface area contributed by atoms with Crippen LogP contribution in [0.3, 0.4) is 0 Å². The molecule has 0 aliphatic carbocycles. The number of hydrogen-bond acceptors (Lipinski definition) is 3. The smallest absolute Gasteiger partial charge is 0.118 e. The zero-order valence-electron chi connectivity index (χ0n) is 17.1. The Kier molecular flexibility index (Phi) is 7.59. The maximum absolute atomic E-state index is 10.9. The van der Waals surface area contributed by atoms with Crippen molar-refractivity contribution >= 4 is 23.3 Å². The Hall–Kier alpha value is -2.01. The number of halogens is 1. The number of methoxy groups -OCH3 is 1. The Morgan fingerprint density at radius 1 is 0.931 bits per heavy atom. The first-order valence-corrected chi connectivity index (χ1v) is 10.4. The fourth-order valence-corrected chi connectivity index (χ4v) is 4.29. The molecule has 3 aromatic rings. The number of ether oxygens (including phenoxy) is 1. The lowest BCUT2D eigenvalue weighted by Gasteiger charge is -2.24. The van der Waals surface area contributed by atoms with Crippen molar-refractivity contribution in [3.63, 3.8) is 0 Å². The van der Waals surface area contributed by atoms with E-state index in [1.54, 1.807) is 7.11 Å². The van der Waals surface area contributed by atoms with E-state index in [4.69, 9.17) is 4.74 Å². The quantitative estimate of drug-likeness (QED) is 0.618. The number of β-amino-alcohol motifs (C(OH)–C–C–N with tert-alkyl or cyclic N) is 1. The summed E-state index contributed by atoms with van der Waals surface area (Å²) < 4.78 is 7.56. The molecule has 0 bridgehead atoms. The number of para-hydroxylation sites is 1. The van der Waals surface area contributed by atoms with Gasteiger partial charge in [0.15, 0.2) is 0 Å². The Balaban J connectivity index is 0.00000240. The molecule has 1 aliphatic heterocycles.